The maximum atomic E-state index is 12.6. The van der Waals surface area contributed by atoms with Gasteiger partial charge in [0.15, 0.2) is 12.4 Å². The molecule has 6 nitrogen and oxygen atoms in total. The van der Waals surface area contributed by atoms with Crippen molar-refractivity contribution in [3.05, 3.63) is 95.6 Å². The van der Waals surface area contributed by atoms with E-state index in [0.717, 1.165) is 12.0 Å². The van der Waals surface area contributed by atoms with E-state index in [1.807, 2.05) is 30.3 Å². The first kappa shape index (κ1) is 21.8. The van der Waals surface area contributed by atoms with Gasteiger partial charge >= 0.3 is 0 Å². The summed E-state index contributed by atoms with van der Waals surface area (Å²) < 4.78 is 5.47. The van der Waals surface area contributed by atoms with Crippen molar-refractivity contribution in [1.29, 1.82) is 0 Å². The van der Waals surface area contributed by atoms with E-state index < -0.39 is 0 Å². The minimum absolute atomic E-state index is 0.0389. The van der Waals surface area contributed by atoms with Crippen molar-refractivity contribution in [3.8, 4) is 5.75 Å². The van der Waals surface area contributed by atoms with E-state index in [2.05, 4.69) is 10.6 Å². The van der Waals surface area contributed by atoms with E-state index >= 15 is 0 Å². The lowest BCUT2D eigenvalue weighted by Gasteiger charge is -2.12. The molecular formula is C25H24N2O4. The summed E-state index contributed by atoms with van der Waals surface area (Å²) in [6.45, 7) is 1.76. The standard InChI is InChI=1S/C25H24N2O4/c1-18(28)20-11-13-21(14-12-20)31-17-24(29)27-23-10-6-5-9-22(23)25(30)26-16-15-19-7-3-2-4-8-19/h2-14H,15-17H2,1H3,(H,26,30)(H,27,29). The fourth-order valence-corrected chi connectivity index (χ4v) is 2.97. The van der Waals surface area contributed by atoms with E-state index in [1.165, 1.54) is 6.92 Å². The number of nitrogens with one attached hydrogen (secondary N) is 2. The summed E-state index contributed by atoms with van der Waals surface area (Å²) in [7, 11) is 0. The first-order chi connectivity index (χ1) is 15.0. The van der Waals surface area contributed by atoms with Gasteiger partial charge in [-0.25, -0.2) is 0 Å². The molecule has 0 saturated carbocycles. The molecule has 0 saturated heterocycles. The Kier molecular flexibility index (Phi) is 7.54. The number of para-hydroxylation sites is 1. The molecule has 158 valence electrons. The summed E-state index contributed by atoms with van der Waals surface area (Å²) in [6.07, 6.45) is 0.720. The van der Waals surface area contributed by atoms with Crippen LogP contribution in [0.1, 0.15) is 33.2 Å². The third-order valence-electron chi connectivity index (χ3n) is 4.62. The number of rotatable bonds is 9. The second-order valence-electron chi connectivity index (χ2n) is 6.95. The molecule has 3 rings (SSSR count). The molecule has 0 aliphatic heterocycles. The first-order valence-corrected chi connectivity index (χ1v) is 9.98. The van der Waals surface area contributed by atoms with Gasteiger partial charge in [0.1, 0.15) is 5.75 Å². The summed E-state index contributed by atoms with van der Waals surface area (Å²) >= 11 is 0. The van der Waals surface area contributed by atoms with Crippen LogP contribution in [-0.2, 0) is 11.2 Å². The van der Waals surface area contributed by atoms with Gasteiger partial charge in [0.05, 0.1) is 11.3 Å². The van der Waals surface area contributed by atoms with Crippen LogP contribution in [-0.4, -0.2) is 30.7 Å². The Balaban J connectivity index is 1.53. The van der Waals surface area contributed by atoms with Crippen LogP contribution in [0.2, 0.25) is 0 Å². The highest BCUT2D eigenvalue weighted by Crippen LogP contribution is 2.16. The van der Waals surface area contributed by atoms with Crippen LogP contribution >= 0.6 is 0 Å². The Morgan fingerprint density at radius 1 is 0.839 bits per heavy atom. The van der Waals surface area contributed by atoms with Gasteiger partial charge in [-0.15, -0.1) is 0 Å². The molecule has 6 heteroatoms. The fraction of sp³-hybridized carbons (Fsp3) is 0.160. The summed E-state index contributed by atoms with van der Waals surface area (Å²) in [5.74, 6) is -0.206. The van der Waals surface area contributed by atoms with Gasteiger partial charge in [-0.05, 0) is 55.3 Å². The van der Waals surface area contributed by atoms with E-state index in [4.69, 9.17) is 4.74 Å². The molecule has 0 atom stereocenters. The molecular weight excluding hydrogens is 392 g/mol. The number of hydrogen-bond donors (Lipinski definition) is 2. The number of benzene rings is 3. The van der Waals surface area contributed by atoms with Crippen LogP contribution in [0.4, 0.5) is 5.69 Å². The van der Waals surface area contributed by atoms with Crippen LogP contribution in [0.15, 0.2) is 78.9 Å². The zero-order chi connectivity index (χ0) is 22.1. The average molecular weight is 416 g/mol. The summed E-state index contributed by atoms with van der Waals surface area (Å²) in [4.78, 5) is 36.2. The highest BCUT2D eigenvalue weighted by atomic mass is 16.5. The molecule has 0 unspecified atom stereocenters. The molecule has 0 aliphatic rings. The average Bonchev–Trinajstić information content (AvgIpc) is 2.79. The second-order valence-corrected chi connectivity index (χ2v) is 6.95. The number of amides is 2. The van der Waals surface area contributed by atoms with E-state index in [0.29, 0.717) is 29.1 Å². The molecule has 3 aromatic rings. The van der Waals surface area contributed by atoms with Crippen molar-refractivity contribution in [1.82, 2.24) is 5.32 Å². The van der Waals surface area contributed by atoms with Gasteiger partial charge < -0.3 is 15.4 Å². The van der Waals surface area contributed by atoms with Crippen molar-refractivity contribution >= 4 is 23.3 Å². The quantitative estimate of drug-likeness (QED) is 0.519. The lowest BCUT2D eigenvalue weighted by molar-refractivity contribution is -0.118. The Bertz CT molecular complexity index is 1050. The number of carbonyl (C=O) groups is 3. The van der Waals surface area contributed by atoms with Gasteiger partial charge in [-0.2, -0.15) is 0 Å². The minimum atomic E-state index is -0.389. The third kappa shape index (κ3) is 6.54. The fourth-order valence-electron chi connectivity index (χ4n) is 2.97. The Morgan fingerprint density at radius 3 is 2.23 bits per heavy atom. The predicted molar refractivity (Wildman–Crippen MR) is 119 cm³/mol. The highest BCUT2D eigenvalue weighted by molar-refractivity contribution is 6.04. The van der Waals surface area contributed by atoms with Crippen molar-refractivity contribution in [3.63, 3.8) is 0 Å². The smallest absolute Gasteiger partial charge is 0.262 e. The molecule has 31 heavy (non-hydrogen) atoms. The largest absolute Gasteiger partial charge is 0.484 e. The molecule has 0 aliphatic carbocycles. The molecule has 0 bridgehead atoms. The summed E-state index contributed by atoms with van der Waals surface area (Å²) in [5.41, 5.74) is 2.51. The molecule has 0 fully saturated rings. The topological polar surface area (TPSA) is 84.5 Å². The van der Waals surface area contributed by atoms with Crippen molar-refractivity contribution < 1.29 is 19.1 Å². The summed E-state index contributed by atoms with van der Waals surface area (Å²) in [5, 5.41) is 5.60. The van der Waals surface area contributed by atoms with E-state index in [1.54, 1.807) is 48.5 Å². The highest BCUT2D eigenvalue weighted by Gasteiger charge is 2.13. The van der Waals surface area contributed by atoms with Crippen molar-refractivity contribution in [2.24, 2.45) is 0 Å². The van der Waals surface area contributed by atoms with Gasteiger partial charge in [0, 0.05) is 12.1 Å². The minimum Gasteiger partial charge on any atom is -0.484 e. The molecule has 0 radical (unpaired) electrons. The molecule has 0 aromatic heterocycles. The molecule has 2 N–H and O–H groups in total. The number of anilines is 1. The van der Waals surface area contributed by atoms with Crippen LogP contribution in [0, 0.1) is 0 Å². The molecule has 0 heterocycles. The van der Waals surface area contributed by atoms with Crippen molar-refractivity contribution in [2.75, 3.05) is 18.5 Å². The van der Waals surface area contributed by atoms with Gasteiger partial charge in [0.2, 0.25) is 0 Å². The molecule has 3 aromatic carbocycles. The van der Waals surface area contributed by atoms with E-state index in [9.17, 15) is 14.4 Å². The number of carbonyl (C=O) groups excluding carboxylic acids is 3. The van der Waals surface area contributed by atoms with Crippen LogP contribution < -0.4 is 15.4 Å². The Morgan fingerprint density at radius 2 is 1.52 bits per heavy atom. The zero-order valence-electron chi connectivity index (χ0n) is 17.3. The van der Waals surface area contributed by atoms with E-state index in [-0.39, 0.29) is 24.2 Å². The van der Waals surface area contributed by atoms with Crippen LogP contribution in [0.3, 0.4) is 0 Å². The number of ketones is 1. The van der Waals surface area contributed by atoms with Crippen LogP contribution in [0.25, 0.3) is 0 Å². The SMILES string of the molecule is CC(=O)c1ccc(OCC(=O)Nc2ccccc2C(=O)NCCc2ccccc2)cc1. The second kappa shape index (κ2) is 10.7. The lowest BCUT2D eigenvalue weighted by Crippen LogP contribution is -2.28. The molecule has 0 spiro atoms. The van der Waals surface area contributed by atoms with Gasteiger partial charge in [0.25, 0.3) is 11.8 Å². The third-order valence-corrected chi connectivity index (χ3v) is 4.62. The monoisotopic (exact) mass is 416 g/mol. The maximum Gasteiger partial charge on any atom is 0.262 e. The zero-order valence-corrected chi connectivity index (χ0v) is 17.3. The number of ether oxygens (including phenoxy) is 1. The van der Waals surface area contributed by atoms with Crippen LogP contribution in [0.5, 0.6) is 5.75 Å². The molecule has 2 amide bonds. The van der Waals surface area contributed by atoms with Gasteiger partial charge in [-0.1, -0.05) is 42.5 Å². The predicted octanol–water partition coefficient (Wildman–Crippen LogP) is 3.88. The first-order valence-electron chi connectivity index (χ1n) is 9.98. The maximum absolute atomic E-state index is 12.6. The lowest BCUT2D eigenvalue weighted by atomic mass is 10.1. The number of hydrogen-bond acceptors (Lipinski definition) is 4. The van der Waals surface area contributed by atoms with Crippen molar-refractivity contribution in [2.45, 2.75) is 13.3 Å². The normalized spacial score (nSPS) is 10.2. The summed E-state index contributed by atoms with van der Waals surface area (Å²) in [6, 6.07) is 23.3. The Labute approximate surface area is 181 Å². The number of Topliss-reactive ketones (excluding diaryl/α,β-unsaturated/α-hetero) is 1. The Hall–Kier alpha value is -3.93. The van der Waals surface area contributed by atoms with Gasteiger partial charge in [-0.3, -0.25) is 14.4 Å².